The molecule has 0 bridgehead atoms. The van der Waals surface area contributed by atoms with Crippen molar-refractivity contribution in [3.8, 4) is 45.2 Å². The van der Waals surface area contributed by atoms with E-state index in [9.17, 15) is 0 Å². The summed E-state index contributed by atoms with van der Waals surface area (Å²) in [7, 11) is 2.10. The highest BCUT2D eigenvalue weighted by molar-refractivity contribution is 6.10. The zero-order valence-electron chi connectivity index (χ0n) is 24.0. The first-order valence-corrected chi connectivity index (χ1v) is 14.5. The van der Waals surface area contributed by atoms with Crippen molar-refractivity contribution in [1.29, 1.82) is 0 Å². The summed E-state index contributed by atoms with van der Waals surface area (Å²) in [5.41, 5.74) is 9.89. The van der Waals surface area contributed by atoms with Crippen LogP contribution >= 0.6 is 0 Å². The zero-order chi connectivity index (χ0) is 28.9. The number of nitrogens with zero attached hydrogens (tertiary/aromatic N) is 3. The topological polar surface area (TPSA) is 42.8 Å². The van der Waals surface area contributed by atoms with Crippen molar-refractivity contribution >= 4 is 32.7 Å². The summed E-state index contributed by atoms with van der Waals surface area (Å²) in [6, 6.07) is 44.0. The maximum atomic E-state index is 6.71. The average molecular weight is 555 g/mol. The highest BCUT2D eigenvalue weighted by atomic mass is 16.3. The van der Waals surface area contributed by atoms with E-state index in [2.05, 4.69) is 116 Å². The Morgan fingerprint density at radius 2 is 1.21 bits per heavy atom. The number of hydrogen-bond acceptors (Lipinski definition) is 3. The third-order valence-electron chi connectivity index (χ3n) is 8.23. The highest BCUT2D eigenvalue weighted by Gasteiger charge is 2.22. The summed E-state index contributed by atoms with van der Waals surface area (Å²) in [6.07, 6.45) is 2.19. The molecule has 8 aromatic rings. The Morgan fingerprint density at radius 3 is 1.91 bits per heavy atom. The molecule has 4 heteroatoms. The minimum absolute atomic E-state index is 0.667. The molecule has 0 amide bonds. The van der Waals surface area contributed by atoms with E-state index >= 15 is 0 Å². The van der Waals surface area contributed by atoms with Gasteiger partial charge in [-0.15, -0.1) is 0 Å². The summed E-state index contributed by atoms with van der Waals surface area (Å²) in [5, 5.41) is 4.58. The monoisotopic (exact) mass is 554 g/mol. The lowest BCUT2D eigenvalue weighted by molar-refractivity contribution is -0.659. The van der Waals surface area contributed by atoms with E-state index in [0.29, 0.717) is 5.82 Å². The summed E-state index contributed by atoms with van der Waals surface area (Å²) < 4.78 is 8.90. The van der Waals surface area contributed by atoms with E-state index in [1.165, 1.54) is 16.3 Å². The van der Waals surface area contributed by atoms with Crippen molar-refractivity contribution in [3.05, 3.63) is 139 Å². The Morgan fingerprint density at radius 1 is 0.581 bits per heavy atom. The fourth-order valence-electron chi connectivity index (χ4n) is 6.02. The number of aromatic nitrogens is 3. The molecule has 43 heavy (non-hydrogen) atoms. The highest BCUT2D eigenvalue weighted by Crippen LogP contribution is 2.39. The Bertz CT molecular complexity index is 2250. The van der Waals surface area contributed by atoms with E-state index in [1.807, 2.05) is 36.4 Å². The van der Waals surface area contributed by atoms with Crippen LogP contribution in [-0.2, 0) is 7.05 Å². The molecule has 5 aromatic carbocycles. The second-order valence-corrected chi connectivity index (χ2v) is 11.0. The van der Waals surface area contributed by atoms with E-state index in [1.54, 1.807) is 0 Å². The zero-order valence-corrected chi connectivity index (χ0v) is 24.0. The number of hydrogen-bond donors (Lipinski definition) is 0. The summed E-state index contributed by atoms with van der Waals surface area (Å²) in [6.45, 7) is 2.15. The van der Waals surface area contributed by atoms with Gasteiger partial charge in [0.2, 0.25) is 5.69 Å². The van der Waals surface area contributed by atoms with Crippen LogP contribution in [0, 0.1) is 6.92 Å². The maximum absolute atomic E-state index is 6.71. The lowest BCUT2D eigenvalue weighted by Crippen LogP contribution is -2.30. The van der Waals surface area contributed by atoms with Crippen LogP contribution in [0.15, 0.2) is 138 Å². The molecular formula is C39H28N3O+. The van der Waals surface area contributed by atoms with E-state index in [4.69, 9.17) is 14.4 Å². The van der Waals surface area contributed by atoms with Gasteiger partial charge in [0.05, 0.1) is 17.0 Å². The van der Waals surface area contributed by atoms with Crippen LogP contribution < -0.4 is 4.57 Å². The molecule has 0 atom stereocenters. The van der Waals surface area contributed by atoms with Crippen molar-refractivity contribution in [1.82, 2.24) is 9.97 Å². The van der Waals surface area contributed by atoms with E-state index in [0.717, 1.165) is 61.3 Å². The Hall–Kier alpha value is -5.61. The molecular weight excluding hydrogens is 526 g/mol. The number of benzene rings is 5. The molecule has 0 unspecified atom stereocenters. The average Bonchev–Trinajstić information content (AvgIpc) is 3.43. The van der Waals surface area contributed by atoms with Gasteiger partial charge in [-0.25, -0.2) is 14.5 Å². The van der Waals surface area contributed by atoms with Gasteiger partial charge < -0.3 is 4.42 Å². The molecule has 8 rings (SSSR count). The van der Waals surface area contributed by atoms with Gasteiger partial charge in [-0.2, -0.15) is 0 Å². The molecule has 0 N–H and O–H groups in total. The summed E-state index contributed by atoms with van der Waals surface area (Å²) in [5.74, 6) is 0.667. The standard InChI is InChI=1S/C39H28N3O/c1-25-17-19-32-31-20-18-29(22-36(31)43-38(32)37(25)35-21-28-15-9-10-16-30(28)24-42(35)2)39-40-33(26-11-5-3-6-12-26)23-34(41-39)27-13-7-4-8-14-27/h3-24H,1-2H3/q+1. The van der Waals surface area contributed by atoms with Crippen molar-refractivity contribution in [3.63, 3.8) is 0 Å². The number of rotatable bonds is 4. The number of fused-ring (bicyclic) bond motifs is 4. The van der Waals surface area contributed by atoms with Gasteiger partial charge in [0.25, 0.3) is 0 Å². The molecule has 0 saturated carbocycles. The second kappa shape index (κ2) is 10.0. The molecule has 0 aliphatic carbocycles. The number of aryl methyl sites for hydroxylation is 2. The van der Waals surface area contributed by atoms with Gasteiger partial charge >= 0.3 is 0 Å². The van der Waals surface area contributed by atoms with Crippen LogP contribution in [0.5, 0.6) is 0 Å². The van der Waals surface area contributed by atoms with Gasteiger partial charge in [0.15, 0.2) is 12.0 Å². The lowest BCUT2D eigenvalue weighted by Gasteiger charge is -2.09. The normalized spacial score (nSPS) is 11.5. The Balaban J connectivity index is 1.32. The third-order valence-corrected chi connectivity index (χ3v) is 8.23. The molecule has 0 radical (unpaired) electrons. The minimum Gasteiger partial charge on any atom is -0.455 e. The van der Waals surface area contributed by atoms with Crippen LogP contribution in [0.4, 0.5) is 0 Å². The molecule has 4 nitrogen and oxygen atoms in total. The SMILES string of the molecule is Cc1ccc2c(oc3cc(-c4nc(-c5ccccc5)cc(-c5ccccc5)n4)ccc32)c1-c1cc2ccccc2c[n+]1C. The largest absolute Gasteiger partial charge is 0.455 e. The predicted molar refractivity (Wildman–Crippen MR) is 174 cm³/mol. The van der Waals surface area contributed by atoms with Crippen molar-refractivity contribution in [2.45, 2.75) is 6.92 Å². The number of pyridine rings is 1. The van der Waals surface area contributed by atoms with Crippen LogP contribution in [0.3, 0.4) is 0 Å². The van der Waals surface area contributed by atoms with Crippen molar-refractivity contribution < 1.29 is 8.98 Å². The van der Waals surface area contributed by atoms with Gasteiger partial charge in [-0.1, -0.05) is 97.1 Å². The Kier molecular flexibility index (Phi) is 5.86. The van der Waals surface area contributed by atoms with Crippen molar-refractivity contribution in [2.24, 2.45) is 7.05 Å². The fourth-order valence-corrected chi connectivity index (χ4v) is 6.02. The van der Waals surface area contributed by atoms with Crippen LogP contribution in [0.2, 0.25) is 0 Å². The molecule has 3 heterocycles. The molecule has 204 valence electrons. The third kappa shape index (κ3) is 4.36. The summed E-state index contributed by atoms with van der Waals surface area (Å²) in [4.78, 5) is 10.0. The van der Waals surface area contributed by atoms with Crippen molar-refractivity contribution in [2.75, 3.05) is 0 Å². The van der Waals surface area contributed by atoms with Crippen LogP contribution in [0.1, 0.15) is 5.56 Å². The first-order chi connectivity index (χ1) is 21.1. The van der Waals surface area contributed by atoms with Gasteiger partial charge in [0.1, 0.15) is 18.2 Å². The minimum atomic E-state index is 0.667. The van der Waals surface area contributed by atoms with Crippen LogP contribution in [-0.4, -0.2) is 9.97 Å². The quantitative estimate of drug-likeness (QED) is 0.204. The predicted octanol–water partition coefficient (Wildman–Crippen LogP) is 9.33. The van der Waals surface area contributed by atoms with E-state index < -0.39 is 0 Å². The number of furan rings is 1. The smallest absolute Gasteiger partial charge is 0.216 e. The van der Waals surface area contributed by atoms with E-state index in [-0.39, 0.29) is 0 Å². The molecule has 0 saturated heterocycles. The first kappa shape index (κ1) is 25.1. The molecule has 0 fully saturated rings. The van der Waals surface area contributed by atoms with Gasteiger partial charge in [-0.3, -0.25) is 0 Å². The second-order valence-electron chi connectivity index (χ2n) is 11.0. The molecule has 0 spiro atoms. The first-order valence-electron chi connectivity index (χ1n) is 14.5. The summed E-state index contributed by atoms with van der Waals surface area (Å²) >= 11 is 0. The molecule has 0 aliphatic heterocycles. The van der Waals surface area contributed by atoms with Crippen LogP contribution in [0.25, 0.3) is 77.9 Å². The molecule has 0 aliphatic rings. The molecule has 3 aromatic heterocycles. The fraction of sp³-hybridized carbons (Fsp3) is 0.0513. The van der Waals surface area contributed by atoms with Gasteiger partial charge in [0, 0.05) is 38.9 Å². The van der Waals surface area contributed by atoms with Gasteiger partial charge in [-0.05, 0) is 42.1 Å². The maximum Gasteiger partial charge on any atom is 0.216 e. The lowest BCUT2D eigenvalue weighted by atomic mass is 9.99. The Labute approximate surface area is 249 Å².